The second kappa shape index (κ2) is 5.03. The van der Waals surface area contributed by atoms with Gasteiger partial charge in [0.15, 0.2) is 0 Å². The van der Waals surface area contributed by atoms with Gasteiger partial charge >= 0.3 is 0 Å². The van der Waals surface area contributed by atoms with Crippen LogP contribution < -0.4 is 5.73 Å². The van der Waals surface area contributed by atoms with Crippen LogP contribution in [0, 0.1) is 0 Å². The quantitative estimate of drug-likeness (QED) is 0.824. The lowest BCUT2D eigenvalue weighted by atomic mass is 10.4. The zero-order chi connectivity index (χ0) is 11.4. The standard InChI is InChI=1S/C11H14N4S/c1-2-15-8-13-6-10(15)7-16-11-4-3-9(12)5-14-11/h3-6,8H,2,7,12H2,1H3. The third-order valence-electron chi connectivity index (χ3n) is 2.27. The number of thioether (sulfide) groups is 1. The van der Waals surface area contributed by atoms with Crippen LogP contribution in [0.15, 0.2) is 35.9 Å². The number of nitrogens with zero attached hydrogens (tertiary/aromatic N) is 3. The molecule has 2 aromatic heterocycles. The van der Waals surface area contributed by atoms with E-state index >= 15 is 0 Å². The van der Waals surface area contributed by atoms with Crippen molar-refractivity contribution in [1.82, 2.24) is 14.5 Å². The van der Waals surface area contributed by atoms with Gasteiger partial charge in [-0.2, -0.15) is 0 Å². The van der Waals surface area contributed by atoms with Crippen molar-refractivity contribution in [3.63, 3.8) is 0 Å². The maximum Gasteiger partial charge on any atom is 0.0965 e. The average Bonchev–Trinajstić information content (AvgIpc) is 2.76. The molecule has 0 spiro atoms. The van der Waals surface area contributed by atoms with E-state index in [1.807, 2.05) is 24.7 Å². The molecule has 0 saturated carbocycles. The van der Waals surface area contributed by atoms with Crippen LogP contribution in [0.3, 0.4) is 0 Å². The molecule has 84 valence electrons. The number of hydrogen-bond acceptors (Lipinski definition) is 4. The Morgan fingerprint density at radius 3 is 2.94 bits per heavy atom. The Kier molecular flexibility index (Phi) is 3.46. The molecular formula is C11H14N4S. The highest BCUT2D eigenvalue weighted by Crippen LogP contribution is 2.20. The SMILES string of the molecule is CCn1cncc1CSc1ccc(N)cn1. The molecule has 0 bridgehead atoms. The first-order chi connectivity index (χ1) is 7.79. The summed E-state index contributed by atoms with van der Waals surface area (Å²) in [5.74, 6) is 0.880. The van der Waals surface area contributed by atoms with Crippen LogP contribution in [0.2, 0.25) is 0 Å². The molecule has 16 heavy (non-hydrogen) atoms. The van der Waals surface area contributed by atoms with E-state index < -0.39 is 0 Å². The van der Waals surface area contributed by atoms with Crippen LogP contribution in [-0.4, -0.2) is 14.5 Å². The summed E-state index contributed by atoms with van der Waals surface area (Å²) in [5, 5.41) is 0.984. The molecule has 0 aliphatic carbocycles. The lowest BCUT2D eigenvalue weighted by Gasteiger charge is -2.04. The smallest absolute Gasteiger partial charge is 0.0965 e. The van der Waals surface area contributed by atoms with Crippen molar-refractivity contribution in [1.29, 1.82) is 0 Å². The Morgan fingerprint density at radius 1 is 1.38 bits per heavy atom. The number of rotatable bonds is 4. The lowest BCUT2D eigenvalue weighted by molar-refractivity contribution is 0.733. The van der Waals surface area contributed by atoms with Crippen molar-refractivity contribution in [2.24, 2.45) is 0 Å². The minimum atomic E-state index is 0.697. The van der Waals surface area contributed by atoms with Gasteiger partial charge in [-0.15, -0.1) is 11.8 Å². The minimum Gasteiger partial charge on any atom is -0.397 e. The molecular weight excluding hydrogens is 220 g/mol. The van der Waals surface area contributed by atoms with Crippen LogP contribution in [0.25, 0.3) is 0 Å². The normalized spacial score (nSPS) is 10.6. The molecule has 0 saturated heterocycles. The van der Waals surface area contributed by atoms with Gasteiger partial charge in [-0.25, -0.2) is 9.97 Å². The van der Waals surface area contributed by atoms with Crippen LogP contribution in [-0.2, 0) is 12.3 Å². The predicted octanol–water partition coefficient (Wildman–Crippen LogP) is 2.17. The molecule has 2 N–H and O–H groups in total. The molecule has 2 aromatic rings. The van der Waals surface area contributed by atoms with Crippen molar-refractivity contribution in [2.75, 3.05) is 5.73 Å². The number of aromatic nitrogens is 3. The van der Waals surface area contributed by atoms with E-state index in [-0.39, 0.29) is 0 Å². The van der Waals surface area contributed by atoms with Crippen LogP contribution in [0.5, 0.6) is 0 Å². The van der Waals surface area contributed by atoms with Gasteiger partial charge in [0.1, 0.15) is 0 Å². The number of hydrogen-bond donors (Lipinski definition) is 1. The van der Waals surface area contributed by atoms with Crippen LogP contribution in [0.4, 0.5) is 5.69 Å². The molecule has 0 aliphatic heterocycles. The Bertz CT molecular complexity index is 449. The minimum absolute atomic E-state index is 0.697. The van der Waals surface area contributed by atoms with E-state index in [2.05, 4.69) is 21.5 Å². The first kappa shape index (κ1) is 11.0. The summed E-state index contributed by atoms with van der Waals surface area (Å²) in [6, 6.07) is 3.80. The van der Waals surface area contributed by atoms with Crippen molar-refractivity contribution in [3.8, 4) is 0 Å². The molecule has 0 unspecified atom stereocenters. The van der Waals surface area contributed by atoms with Crippen molar-refractivity contribution in [3.05, 3.63) is 36.5 Å². The molecule has 0 fully saturated rings. The predicted molar refractivity (Wildman–Crippen MR) is 66.1 cm³/mol. The first-order valence-corrected chi connectivity index (χ1v) is 6.11. The number of aryl methyl sites for hydroxylation is 1. The molecule has 0 radical (unpaired) electrons. The van der Waals surface area contributed by atoms with Gasteiger partial charge in [0.25, 0.3) is 0 Å². The summed E-state index contributed by atoms with van der Waals surface area (Å²) in [6.07, 6.45) is 5.43. The van der Waals surface area contributed by atoms with Gasteiger partial charge in [-0.05, 0) is 19.1 Å². The average molecular weight is 234 g/mol. The summed E-state index contributed by atoms with van der Waals surface area (Å²) < 4.78 is 2.13. The number of nitrogens with two attached hydrogens (primary N) is 1. The summed E-state index contributed by atoms with van der Waals surface area (Å²) in [6.45, 7) is 3.06. The molecule has 0 aliphatic rings. The number of anilines is 1. The summed E-state index contributed by atoms with van der Waals surface area (Å²) >= 11 is 1.69. The van der Waals surface area contributed by atoms with Crippen LogP contribution >= 0.6 is 11.8 Å². The third-order valence-corrected chi connectivity index (χ3v) is 3.24. The monoisotopic (exact) mass is 234 g/mol. The Hall–Kier alpha value is -1.49. The maximum absolute atomic E-state index is 5.58. The van der Waals surface area contributed by atoms with Gasteiger partial charge in [-0.3, -0.25) is 0 Å². The zero-order valence-corrected chi connectivity index (χ0v) is 9.94. The highest BCUT2D eigenvalue weighted by Gasteiger charge is 2.02. The molecule has 4 nitrogen and oxygen atoms in total. The molecule has 0 aromatic carbocycles. The topological polar surface area (TPSA) is 56.7 Å². The first-order valence-electron chi connectivity index (χ1n) is 5.13. The van der Waals surface area contributed by atoms with E-state index in [9.17, 15) is 0 Å². The van der Waals surface area contributed by atoms with E-state index in [0.29, 0.717) is 5.69 Å². The van der Waals surface area contributed by atoms with E-state index in [0.717, 1.165) is 17.3 Å². The summed E-state index contributed by atoms with van der Waals surface area (Å²) in [5.41, 5.74) is 7.49. The number of imidazole rings is 1. The van der Waals surface area contributed by atoms with Gasteiger partial charge in [0.05, 0.1) is 23.2 Å². The fourth-order valence-corrected chi connectivity index (χ4v) is 2.21. The van der Waals surface area contributed by atoms with Crippen molar-refractivity contribution >= 4 is 17.4 Å². The molecule has 0 atom stereocenters. The molecule has 5 heteroatoms. The van der Waals surface area contributed by atoms with Gasteiger partial charge in [-0.1, -0.05) is 0 Å². The van der Waals surface area contributed by atoms with Crippen molar-refractivity contribution < 1.29 is 0 Å². The van der Waals surface area contributed by atoms with Crippen LogP contribution in [0.1, 0.15) is 12.6 Å². The number of nitrogen functional groups attached to an aromatic ring is 1. The van der Waals surface area contributed by atoms with Gasteiger partial charge in [0, 0.05) is 24.2 Å². The molecule has 0 amide bonds. The van der Waals surface area contributed by atoms with E-state index in [4.69, 9.17) is 5.73 Å². The Morgan fingerprint density at radius 2 is 2.25 bits per heavy atom. The Labute approximate surface area is 98.9 Å². The lowest BCUT2D eigenvalue weighted by Crippen LogP contribution is -1.97. The van der Waals surface area contributed by atoms with Gasteiger partial charge < -0.3 is 10.3 Å². The number of pyridine rings is 1. The molecule has 2 rings (SSSR count). The fourth-order valence-electron chi connectivity index (χ4n) is 1.38. The van der Waals surface area contributed by atoms with Gasteiger partial charge in [0.2, 0.25) is 0 Å². The van der Waals surface area contributed by atoms with Crippen molar-refractivity contribution in [2.45, 2.75) is 24.2 Å². The Balaban J connectivity index is 1.99. The summed E-state index contributed by atoms with van der Waals surface area (Å²) in [7, 11) is 0. The highest BCUT2D eigenvalue weighted by molar-refractivity contribution is 7.98. The highest BCUT2D eigenvalue weighted by atomic mass is 32.2. The zero-order valence-electron chi connectivity index (χ0n) is 9.13. The van der Waals surface area contributed by atoms with E-state index in [1.54, 1.807) is 18.0 Å². The largest absolute Gasteiger partial charge is 0.397 e. The second-order valence-corrected chi connectivity index (χ2v) is 4.39. The maximum atomic E-state index is 5.58. The fraction of sp³-hybridized carbons (Fsp3) is 0.273. The third kappa shape index (κ3) is 2.55. The second-order valence-electron chi connectivity index (χ2n) is 3.39. The summed E-state index contributed by atoms with van der Waals surface area (Å²) in [4.78, 5) is 8.37. The molecule has 2 heterocycles. The van der Waals surface area contributed by atoms with E-state index in [1.165, 1.54) is 5.69 Å².